The first-order valence-corrected chi connectivity index (χ1v) is 3.14. The van der Waals surface area contributed by atoms with E-state index in [4.69, 9.17) is 5.84 Å². The van der Waals surface area contributed by atoms with Gasteiger partial charge in [0.05, 0.1) is 5.71 Å². The molecule has 2 N–H and O–H groups in total. The van der Waals surface area contributed by atoms with Gasteiger partial charge in [0.15, 0.2) is 0 Å². The molecule has 0 fully saturated rings. The van der Waals surface area contributed by atoms with E-state index in [9.17, 15) is 0 Å². The van der Waals surface area contributed by atoms with E-state index in [1.54, 1.807) is 0 Å². The molecule has 2 heteroatoms. The van der Waals surface area contributed by atoms with Crippen molar-refractivity contribution in [2.24, 2.45) is 10.9 Å². The van der Waals surface area contributed by atoms with Crippen LogP contribution in [0.2, 0.25) is 0 Å². The molecule has 0 saturated carbocycles. The normalized spacial score (nSPS) is 11.5. The molecule has 0 aromatic heterocycles. The Morgan fingerprint density at radius 1 is 1.30 bits per heavy atom. The molecule has 52 valence electrons. The van der Waals surface area contributed by atoms with Crippen LogP contribution in [0.25, 0.3) is 0 Å². The number of nitrogens with two attached hydrogens (primary N) is 1. The molecule has 0 atom stereocenters. The summed E-state index contributed by atoms with van der Waals surface area (Å²) in [6.45, 7) is 1.88. The molecule has 0 aliphatic carbocycles. The third-order valence-electron chi connectivity index (χ3n) is 1.39. The zero-order valence-corrected chi connectivity index (χ0v) is 5.91. The Labute approximate surface area is 60.4 Å². The molecule has 2 nitrogen and oxygen atoms in total. The first-order valence-electron chi connectivity index (χ1n) is 3.14. The first-order chi connectivity index (χ1) is 4.84. The fraction of sp³-hybridized carbons (Fsp3) is 0.125. The highest BCUT2D eigenvalue weighted by molar-refractivity contribution is 5.98. The van der Waals surface area contributed by atoms with Gasteiger partial charge in [-0.1, -0.05) is 30.3 Å². The molecule has 0 unspecified atom stereocenters. The van der Waals surface area contributed by atoms with Gasteiger partial charge in [-0.2, -0.15) is 5.10 Å². The summed E-state index contributed by atoms with van der Waals surface area (Å²) < 4.78 is 0. The maximum atomic E-state index is 5.09. The Morgan fingerprint density at radius 2 is 1.90 bits per heavy atom. The van der Waals surface area contributed by atoms with Crippen molar-refractivity contribution in [3.05, 3.63) is 35.9 Å². The third-order valence-corrected chi connectivity index (χ3v) is 1.39. The molecule has 0 bridgehead atoms. The summed E-state index contributed by atoms with van der Waals surface area (Å²) in [5, 5.41) is 3.58. The zero-order chi connectivity index (χ0) is 7.40. The van der Waals surface area contributed by atoms with E-state index in [-0.39, 0.29) is 0 Å². The van der Waals surface area contributed by atoms with Crippen molar-refractivity contribution < 1.29 is 0 Å². The molecule has 1 aromatic carbocycles. The molecular weight excluding hydrogens is 124 g/mol. The van der Waals surface area contributed by atoms with Gasteiger partial charge in [0.1, 0.15) is 0 Å². The van der Waals surface area contributed by atoms with Crippen LogP contribution in [0.15, 0.2) is 35.4 Å². The monoisotopic (exact) mass is 134 g/mol. The maximum Gasteiger partial charge on any atom is 0.0641 e. The Bertz CT molecular complexity index is 226. The topological polar surface area (TPSA) is 38.4 Å². The lowest BCUT2D eigenvalue weighted by atomic mass is 10.1. The summed E-state index contributed by atoms with van der Waals surface area (Å²) in [6, 6.07) is 9.85. The third kappa shape index (κ3) is 1.35. The van der Waals surface area contributed by atoms with E-state index < -0.39 is 0 Å². The zero-order valence-electron chi connectivity index (χ0n) is 5.91. The Morgan fingerprint density at radius 3 is 2.40 bits per heavy atom. The molecule has 0 spiro atoms. The smallest absolute Gasteiger partial charge is 0.0641 e. The lowest BCUT2D eigenvalue weighted by molar-refractivity contribution is 1.24. The Hall–Kier alpha value is -1.31. The van der Waals surface area contributed by atoms with Gasteiger partial charge in [0, 0.05) is 0 Å². The van der Waals surface area contributed by atoms with Crippen LogP contribution in [0, 0.1) is 0 Å². The number of benzene rings is 1. The number of hydrazone groups is 1. The van der Waals surface area contributed by atoms with Gasteiger partial charge in [-0.05, 0) is 12.5 Å². The molecule has 0 aliphatic rings. The number of rotatable bonds is 1. The van der Waals surface area contributed by atoms with E-state index in [1.165, 1.54) is 0 Å². The van der Waals surface area contributed by atoms with E-state index in [2.05, 4.69) is 5.10 Å². The van der Waals surface area contributed by atoms with Crippen molar-refractivity contribution in [1.82, 2.24) is 0 Å². The van der Waals surface area contributed by atoms with Crippen LogP contribution < -0.4 is 5.84 Å². The van der Waals surface area contributed by atoms with Crippen molar-refractivity contribution in [2.45, 2.75) is 6.92 Å². The molecule has 1 aromatic rings. The van der Waals surface area contributed by atoms with Crippen molar-refractivity contribution in [3.63, 3.8) is 0 Å². The van der Waals surface area contributed by atoms with Crippen LogP contribution in [0.3, 0.4) is 0 Å². The maximum absolute atomic E-state index is 5.09. The van der Waals surface area contributed by atoms with Crippen molar-refractivity contribution in [1.29, 1.82) is 0 Å². The van der Waals surface area contributed by atoms with Gasteiger partial charge >= 0.3 is 0 Å². The highest BCUT2D eigenvalue weighted by atomic mass is 15.1. The number of hydrogen-bond acceptors (Lipinski definition) is 2. The van der Waals surface area contributed by atoms with Gasteiger partial charge in [-0.3, -0.25) is 0 Å². The van der Waals surface area contributed by atoms with E-state index in [0.717, 1.165) is 11.3 Å². The van der Waals surface area contributed by atoms with Crippen LogP contribution in [0.1, 0.15) is 12.5 Å². The number of nitrogens with zero attached hydrogens (tertiary/aromatic N) is 1. The van der Waals surface area contributed by atoms with Gasteiger partial charge in [-0.15, -0.1) is 0 Å². The lowest BCUT2D eigenvalue weighted by Crippen LogP contribution is -1.97. The summed E-state index contributed by atoms with van der Waals surface area (Å²) in [6.07, 6.45) is 0. The standard InChI is InChI=1S/C8H10N2/c1-7(10-9)8-5-3-2-4-6-8/h2-6H,9H2,1H3/b10-7+. The largest absolute Gasteiger partial charge is 0.323 e. The molecule has 0 radical (unpaired) electrons. The lowest BCUT2D eigenvalue weighted by Gasteiger charge is -1.95. The summed E-state index contributed by atoms with van der Waals surface area (Å²) in [5.41, 5.74) is 1.94. The highest BCUT2D eigenvalue weighted by Crippen LogP contribution is 1.98. The average Bonchev–Trinajstić information content (AvgIpc) is 2.05. The second kappa shape index (κ2) is 3.01. The predicted octanol–water partition coefficient (Wildman–Crippen LogP) is 1.37. The Kier molecular flexibility index (Phi) is 2.05. The molecule has 0 aliphatic heterocycles. The quantitative estimate of drug-likeness (QED) is 0.351. The highest BCUT2D eigenvalue weighted by Gasteiger charge is 1.91. The predicted molar refractivity (Wildman–Crippen MR) is 42.8 cm³/mol. The van der Waals surface area contributed by atoms with Gasteiger partial charge in [0.25, 0.3) is 0 Å². The second-order valence-electron chi connectivity index (χ2n) is 2.08. The first kappa shape index (κ1) is 6.81. The molecule has 1 rings (SSSR count). The van der Waals surface area contributed by atoms with Crippen molar-refractivity contribution in [3.8, 4) is 0 Å². The fourth-order valence-corrected chi connectivity index (χ4v) is 0.754. The van der Waals surface area contributed by atoms with Gasteiger partial charge in [0.2, 0.25) is 0 Å². The van der Waals surface area contributed by atoms with Gasteiger partial charge < -0.3 is 5.84 Å². The fourth-order valence-electron chi connectivity index (χ4n) is 0.754. The van der Waals surface area contributed by atoms with Crippen molar-refractivity contribution >= 4 is 5.71 Å². The summed E-state index contributed by atoms with van der Waals surface area (Å²) >= 11 is 0. The minimum Gasteiger partial charge on any atom is -0.323 e. The van der Waals surface area contributed by atoms with Crippen LogP contribution in [0.5, 0.6) is 0 Å². The second-order valence-corrected chi connectivity index (χ2v) is 2.08. The minimum atomic E-state index is 0.862. The SMILES string of the molecule is C/C(=N\N)c1ccccc1. The van der Waals surface area contributed by atoms with E-state index in [1.807, 2.05) is 37.3 Å². The summed E-state index contributed by atoms with van der Waals surface area (Å²) in [4.78, 5) is 0. The Balaban J connectivity index is 2.96. The minimum absolute atomic E-state index is 0.862. The van der Waals surface area contributed by atoms with Crippen molar-refractivity contribution in [2.75, 3.05) is 0 Å². The molecule has 0 heterocycles. The van der Waals surface area contributed by atoms with Crippen LogP contribution in [-0.2, 0) is 0 Å². The summed E-state index contributed by atoms with van der Waals surface area (Å²) in [7, 11) is 0. The van der Waals surface area contributed by atoms with E-state index >= 15 is 0 Å². The molecular formula is C8H10N2. The van der Waals surface area contributed by atoms with Crippen LogP contribution >= 0.6 is 0 Å². The summed E-state index contributed by atoms with van der Waals surface area (Å²) in [5.74, 6) is 5.09. The van der Waals surface area contributed by atoms with Crippen LogP contribution in [-0.4, -0.2) is 5.71 Å². The molecule has 0 saturated heterocycles. The van der Waals surface area contributed by atoms with Crippen LogP contribution in [0.4, 0.5) is 0 Å². The average molecular weight is 134 g/mol. The molecule has 10 heavy (non-hydrogen) atoms. The number of hydrogen-bond donors (Lipinski definition) is 1. The van der Waals surface area contributed by atoms with Gasteiger partial charge in [-0.25, -0.2) is 0 Å². The molecule has 0 amide bonds. The van der Waals surface area contributed by atoms with E-state index in [0.29, 0.717) is 0 Å².